The van der Waals surface area contributed by atoms with Gasteiger partial charge >= 0.3 is 0 Å². The van der Waals surface area contributed by atoms with Crippen LogP contribution in [0.25, 0.3) is 12.2 Å². The third kappa shape index (κ3) is 4.03. The van der Waals surface area contributed by atoms with Crippen LogP contribution in [-0.4, -0.2) is 17.4 Å². The van der Waals surface area contributed by atoms with E-state index in [0.29, 0.717) is 0 Å². The van der Waals surface area contributed by atoms with E-state index in [1.54, 1.807) is 0 Å². The van der Waals surface area contributed by atoms with Gasteiger partial charge in [0.2, 0.25) is 5.91 Å². The Balaban J connectivity index is 2.13. The number of carbonyl (C=O) groups excluding carboxylic acids is 1. The molecule has 1 aromatic heterocycles. The number of rotatable bonds is 4. The molecule has 3 N–H and O–H groups in total. The monoisotopic (exact) mass is 267 g/mol. The van der Waals surface area contributed by atoms with E-state index in [1.165, 1.54) is 0 Å². The zero-order valence-electron chi connectivity index (χ0n) is 11.3. The molecule has 1 heterocycles. The molecule has 20 heavy (non-hydrogen) atoms. The Morgan fingerprint density at radius 3 is 2.80 bits per heavy atom. The van der Waals surface area contributed by atoms with Crippen molar-refractivity contribution in [2.24, 2.45) is 5.73 Å². The van der Waals surface area contributed by atoms with E-state index in [2.05, 4.69) is 10.3 Å². The molecule has 0 aliphatic carbocycles. The molecule has 0 radical (unpaired) electrons. The molecule has 0 unspecified atom stereocenters. The summed E-state index contributed by atoms with van der Waals surface area (Å²) in [5.74, 6) is -0.202. The van der Waals surface area contributed by atoms with E-state index in [4.69, 9.17) is 5.73 Å². The molecule has 1 aromatic carbocycles. The van der Waals surface area contributed by atoms with Gasteiger partial charge in [0.05, 0.1) is 12.2 Å². The Labute approximate surface area is 118 Å². The predicted octanol–water partition coefficient (Wildman–Crippen LogP) is 2.46. The highest BCUT2D eigenvalue weighted by molar-refractivity contribution is 5.92. The van der Waals surface area contributed by atoms with Crippen molar-refractivity contribution >= 4 is 23.7 Å². The fourth-order valence-electron chi connectivity index (χ4n) is 1.77. The molecule has 4 nitrogen and oxygen atoms in total. The molecular formula is C16H17N3O. The highest BCUT2D eigenvalue weighted by atomic mass is 16.1. The summed E-state index contributed by atoms with van der Waals surface area (Å²) in [6.07, 6.45) is 3.90. The van der Waals surface area contributed by atoms with Crippen molar-refractivity contribution in [1.82, 2.24) is 4.98 Å². The van der Waals surface area contributed by atoms with Gasteiger partial charge in [0.1, 0.15) is 0 Å². The molecule has 1 amide bonds. The SMILES string of the molecule is Cc1cccc(C=Cc2cccc(NC(=O)CN)c2)n1. The maximum Gasteiger partial charge on any atom is 0.238 e. The minimum atomic E-state index is -0.202. The second-order valence-corrected chi connectivity index (χ2v) is 4.41. The lowest BCUT2D eigenvalue weighted by Crippen LogP contribution is -2.21. The van der Waals surface area contributed by atoms with Crippen LogP contribution in [-0.2, 0) is 4.79 Å². The highest BCUT2D eigenvalue weighted by Crippen LogP contribution is 2.13. The summed E-state index contributed by atoms with van der Waals surface area (Å²) in [5.41, 5.74) is 8.88. The van der Waals surface area contributed by atoms with Gasteiger partial charge in [0.15, 0.2) is 0 Å². The molecule has 0 aliphatic rings. The van der Waals surface area contributed by atoms with Crippen molar-refractivity contribution in [2.45, 2.75) is 6.92 Å². The fraction of sp³-hybridized carbons (Fsp3) is 0.125. The molecule has 2 aromatic rings. The average Bonchev–Trinajstić information content (AvgIpc) is 2.45. The Bertz CT molecular complexity index is 635. The van der Waals surface area contributed by atoms with Crippen molar-refractivity contribution in [3.8, 4) is 0 Å². The van der Waals surface area contributed by atoms with E-state index in [9.17, 15) is 4.79 Å². The second-order valence-electron chi connectivity index (χ2n) is 4.41. The van der Waals surface area contributed by atoms with Crippen molar-refractivity contribution < 1.29 is 4.79 Å². The van der Waals surface area contributed by atoms with Crippen LogP contribution in [0.4, 0.5) is 5.69 Å². The summed E-state index contributed by atoms with van der Waals surface area (Å²) in [6.45, 7) is 1.94. The molecular weight excluding hydrogens is 250 g/mol. The number of carbonyl (C=O) groups is 1. The molecule has 0 bridgehead atoms. The molecule has 102 valence electrons. The number of nitrogens with two attached hydrogens (primary N) is 1. The quantitative estimate of drug-likeness (QED) is 0.894. The first-order valence-corrected chi connectivity index (χ1v) is 6.39. The van der Waals surface area contributed by atoms with Gasteiger partial charge in [-0.2, -0.15) is 0 Å². The number of nitrogens with one attached hydrogen (secondary N) is 1. The number of pyridine rings is 1. The highest BCUT2D eigenvalue weighted by Gasteiger charge is 1.99. The number of nitrogens with zero attached hydrogens (tertiary/aromatic N) is 1. The van der Waals surface area contributed by atoms with Crippen LogP contribution in [0.3, 0.4) is 0 Å². The maximum absolute atomic E-state index is 11.2. The Morgan fingerprint density at radius 2 is 2.05 bits per heavy atom. The van der Waals surface area contributed by atoms with Gasteiger partial charge < -0.3 is 11.1 Å². The largest absolute Gasteiger partial charge is 0.325 e. The summed E-state index contributed by atoms with van der Waals surface area (Å²) >= 11 is 0. The third-order valence-electron chi connectivity index (χ3n) is 2.71. The van der Waals surface area contributed by atoms with E-state index < -0.39 is 0 Å². The van der Waals surface area contributed by atoms with E-state index in [1.807, 2.05) is 61.5 Å². The Kier molecular flexibility index (Phi) is 4.63. The van der Waals surface area contributed by atoms with Crippen molar-refractivity contribution in [3.63, 3.8) is 0 Å². The minimum absolute atomic E-state index is 0.0206. The van der Waals surface area contributed by atoms with Gasteiger partial charge in [-0.15, -0.1) is 0 Å². The van der Waals surface area contributed by atoms with Crippen molar-refractivity contribution in [1.29, 1.82) is 0 Å². The fourth-order valence-corrected chi connectivity index (χ4v) is 1.77. The van der Waals surface area contributed by atoms with Crippen LogP contribution in [0, 0.1) is 6.92 Å². The number of hydrogen-bond donors (Lipinski definition) is 2. The maximum atomic E-state index is 11.2. The van der Waals surface area contributed by atoms with E-state index in [-0.39, 0.29) is 12.5 Å². The summed E-state index contributed by atoms with van der Waals surface area (Å²) in [6, 6.07) is 13.4. The van der Waals surface area contributed by atoms with Crippen LogP contribution in [0.1, 0.15) is 17.0 Å². The summed E-state index contributed by atoms with van der Waals surface area (Å²) in [7, 11) is 0. The van der Waals surface area contributed by atoms with Gasteiger partial charge in [0, 0.05) is 11.4 Å². The number of anilines is 1. The summed E-state index contributed by atoms with van der Waals surface area (Å²) in [5, 5.41) is 2.73. The number of aryl methyl sites for hydroxylation is 1. The van der Waals surface area contributed by atoms with Crippen LogP contribution in [0.2, 0.25) is 0 Å². The summed E-state index contributed by atoms with van der Waals surface area (Å²) < 4.78 is 0. The third-order valence-corrected chi connectivity index (χ3v) is 2.71. The second kappa shape index (κ2) is 6.63. The van der Waals surface area contributed by atoms with Crippen LogP contribution in [0.15, 0.2) is 42.5 Å². The predicted molar refractivity (Wildman–Crippen MR) is 82.0 cm³/mol. The lowest BCUT2D eigenvalue weighted by Gasteiger charge is -2.04. The van der Waals surface area contributed by atoms with Crippen molar-refractivity contribution in [2.75, 3.05) is 11.9 Å². The first-order chi connectivity index (χ1) is 9.67. The first kappa shape index (κ1) is 14.0. The number of hydrogen-bond acceptors (Lipinski definition) is 3. The smallest absolute Gasteiger partial charge is 0.238 e. The van der Waals surface area contributed by atoms with E-state index in [0.717, 1.165) is 22.6 Å². The minimum Gasteiger partial charge on any atom is -0.325 e. The average molecular weight is 267 g/mol. The number of amides is 1. The lowest BCUT2D eigenvalue weighted by molar-refractivity contribution is -0.114. The zero-order chi connectivity index (χ0) is 14.4. The molecule has 0 spiro atoms. The number of benzene rings is 1. The van der Waals surface area contributed by atoms with Gasteiger partial charge in [-0.1, -0.05) is 24.3 Å². The first-order valence-electron chi connectivity index (χ1n) is 6.39. The number of aromatic nitrogens is 1. The Hall–Kier alpha value is -2.46. The standard InChI is InChI=1S/C16H17N3O/c1-12-4-2-6-14(18-12)9-8-13-5-3-7-15(10-13)19-16(20)11-17/h2-10H,11,17H2,1H3,(H,19,20). The van der Waals surface area contributed by atoms with Crippen molar-refractivity contribution in [3.05, 3.63) is 59.4 Å². The van der Waals surface area contributed by atoms with Gasteiger partial charge in [-0.3, -0.25) is 9.78 Å². The zero-order valence-corrected chi connectivity index (χ0v) is 11.3. The molecule has 2 rings (SSSR count). The molecule has 4 heteroatoms. The molecule has 0 aliphatic heterocycles. The molecule has 0 saturated carbocycles. The van der Waals surface area contributed by atoms with Gasteiger partial charge in [-0.25, -0.2) is 0 Å². The lowest BCUT2D eigenvalue weighted by atomic mass is 10.1. The topological polar surface area (TPSA) is 68.0 Å². The van der Waals surface area contributed by atoms with Crippen LogP contribution in [0.5, 0.6) is 0 Å². The van der Waals surface area contributed by atoms with Gasteiger partial charge in [-0.05, 0) is 42.8 Å². The van der Waals surface area contributed by atoms with Gasteiger partial charge in [0.25, 0.3) is 0 Å². The molecule has 0 saturated heterocycles. The van der Waals surface area contributed by atoms with Crippen LogP contribution < -0.4 is 11.1 Å². The normalized spacial score (nSPS) is 10.7. The summed E-state index contributed by atoms with van der Waals surface area (Å²) in [4.78, 5) is 15.6. The molecule has 0 fully saturated rings. The van der Waals surface area contributed by atoms with E-state index >= 15 is 0 Å². The molecule has 0 atom stereocenters. The Morgan fingerprint density at radius 1 is 1.25 bits per heavy atom. The van der Waals surface area contributed by atoms with Crippen LogP contribution >= 0.6 is 0 Å².